The van der Waals surface area contributed by atoms with E-state index < -0.39 is 0 Å². The first-order valence-corrected chi connectivity index (χ1v) is 9.54. The van der Waals surface area contributed by atoms with Gasteiger partial charge in [0.15, 0.2) is 0 Å². The summed E-state index contributed by atoms with van der Waals surface area (Å²) < 4.78 is 0. The second kappa shape index (κ2) is 10.3. The van der Waals surface area contributed by atoms with Crippen LogP contribution in [0.4, 0.5) is 0 Å². The van der Waals surface area contributed by atoms with Crippen LogP contribution in [0, 0.1) is 5.41 Å². The second-order valence-electron chi connectivity index (χ2n) is 6.29. The standard InChI is InChI=1S/C19H25Cl2N5O/c1-3-17(24-10-13-4-5-15(20)16(21)8-13)26-19(27)18(12(2)9-22)25-14-6-7-23-11-14/h3-5,8-9,14,22-25H,6-7,10-11H2,1-2H3,(H,26,27)/b17-3+,18-12-,22-9?. The average Bonchev–Trinajstić information content (AvgIpc) is 3.18. The van der Waals surface area contributed by atoms with Gasteiger partial charge < -0.3 is 26.7 Å². The third kappa shape index (κ3) is 6.27. The molecule has 1 aliphatic heterocycles. The summed E-state index contributed by atoms with van der Waals surface area (Å²) >= 11 is 12.0. The van der Waals surface area contributed by atoms with Crippen molar-refractivity contribution in [1.29, 1.82) is 5.41 Å². The molecule has 1 unspecified atom stereocenters. The zero-order valence-corrected chi connectivity index (χ0v) is 17.0. The third-order valence-corrected chi connectivity index (χ3v) is 4.99. The van der Waals surface area contributed by atoms with Gasteiger partial charge in [0.1, 0.15) is 11.5 Å². The highest BCUT2D eigenvalue weighted by molar-refractivity contribution is 6.42. The van der Waals surface area contributed by atoms with Crippen LogP contribution in [-0.2, 0) is 11.3 Å². The number of carbonyl (C=O) groups is 1. The molecule has 0 bridgehead atoms. The Morgan fingerprint density at radius 2 is 2.15 bits per heavy atom. The van der Waals surface area contributed by atoms with Crippen molar-refractivity contribution in [1.82, 2.24) is 21.3 Å². The van der Waals surface area contributed by atoms with Crippen molar-refractivity contribution in [2.75, 3.05) is 13.1 Å². The van der Waals surface area contributed by atoms with Crippen molar-refractivity contribution in [2.45, 2.75) is 32.9 Å². The smallest absolute Gasteiger partial charge is 0.273 e. The molecule has 0 aromatic heterocycles. The predicted molar refractivity (Wildman–Crippen MR) is 111 cm³/mol. The summed E-state index contributed by atoms with van der Waals surface area (Å²) in [7, 11) is 0. The topological polar surface area (TPSA) is 89.0 Å². The van der Waals surface area contributed by atoms with Crippen molar-refractivity contribution >= 4 is 35.3 Å². The zero-order chi connectivity index (χ0) is 19.8. The summed E-state index contributed by atoms with van der Waals surface area (Å²) in [4.78, 5) is 12.7. The molecule has 0 saturated carbocycles. The molecular formula is C19H25Cl2N5O. The highest BCUT2D eigenvalue weighted by Crippen LogP contribution is 2.22. The minimum absolute atomic E-state index is 0.180. The first-order valence-electron chi connectivity index (χ1n) is 8.78. The number of hydrogen-bond donors (Lipinski definition) is 5. The van der Waals surface area contributed by atoms with Crippen molar-refractivity contribution in [3.05, 3.63) is 57.0 Å². The maximum Gasteiger partial charge on any atom is 0.273 e. The highest BCUT2D eigenvalue weighted by Gasteiger charge is 2.20. The Morgan fingerprint density at radius 3 is 2.74 bits per heavy atom. The molecule has 1 saturated heterocycles. The van der Waals surface area contributed by atoms with E-state index in [0.717, 1.165) is 25.1 Å². The van der Waals surface area contributed by atoms with Gasteiger partial charge in [0.25, 0.3) is 5.91 Å². The molecule has 6 nitrogen and oxygen atoms in total. The van der Waals surface area contributed by atoms with E-state index in [9.17, 15) is 4.79 Å². The molecule has 1 aromatic carbocycles. The molecule has 2 rings (SSSR count). The van der Waals surface area contributed by atoms with Gasteiger partial charge in [-0.3, -0.25) is 4.79 Å². The maximum absolute atomic E-state index is 12.7. The fourth-order valence-electron chi connectivity index (χ4n) is 2.66. The second-order valence-corrected chi connectivity index (χ2v) is 7.11. The Morgan fingerprint density at radius 1 is 1.37 bits per heavy atom. The van der Waals surface area contributed by atoms with Crippen LogP contribution in [0.1, 0.15) is 25.8 Å². The van der Waals surface area contributed by atoms with Crippen molar-refractivity contribution in [2.24, 2.45) is 0 Å². The van der Waals surface area contributed by atoms with Gasteiger partial charge in [0, 0.05) is 25.3 Å². The fourth-order valence-corrected chi connectivity index (χ4v) is 2.98. The average molecular weight is 410 g/mol. The van der Waals surface area contributed by atoms with E-state index in [4.69, 9.17) is 28.6 Å². The van der Waals surface area contributed by atoms with Crippen molar-refractivity contribution < 1.29 is 4.79 Å². The van der Waals surface area contributed by atoms with Gasteiger partial charge in [-0.25, -0.2) is 0 Å². The van der Waals surface area contributed by atoms with Crippen molar-refractivity contribution in [3.63, 3.8) is 0 Å². The summed E-state index contributed by atoms with van der Waals surface area (Å²) in [6, 6.07) is 5.57. The monoisotopic (exact) mass is 409 g/mol. The Hall–Kier alpha value is -2.02. The quantitative estimate of drug-likeness (QED) is 0.337. The summed E-state index contributed by atoms with van der Waals surface area (Å²) in [6.45, 7) is 5.78. The van der Waals surface area contributed by atoms with Crippen molar-refractivity contribution in [3.8, 4) is 0 Å². The lowest BCUT2D eigenvalue weighted by molar-refractivity contribution is -0.117. The molecule has 0 spiro atoms. The number of hydrogen-bond acceptors (Lipinski definition) is 5. The lowest BCUT2D eigenvalue weighted by atomic mass is 10.2. The van der Waals surface area contributed by atoms with Gasteiger partial charge in [-0.15, -0.1) is 0 Å². The van der Waals surface area contributed by atoms with Crippen LogP contribution in [0.2, 0.25) is 10.0 Å². The number of halogens is 2. The van der Waals surface area contributed by atoms with Gasteiger partial charge in [-0.2, -0.15) is 0 Å². The summed E-state index contributed by atoms with van der Waals surface area (Å²) in [5, 5.41) is 21.0. The minimum atomic E-state index is -0.280. The first kappa shape index (κ1) is 21.3. The van der Waals surface area contributed by atoms with Crippen LogP contribution in [-0.4, -0.2) is 31.3 Å². The molecule has 5 N–H and O–H groups in total. The molecule has 0 radical (unpaired) electrons. The Balaban J connectivity index is 2.00. The number of carbonyl (C=O) groups excluding carboxylic acids is 1. The van der Waals surface area contributed by atoms with Crippen LogP contribution in [0.25, 0.3) is 0 Å². The molecule has 1 atom stereocenters. The molecular weight excluding hydrogens is 385 g/mol. The van der Waals surface area contributed by atoms with Gasteiger partial charge in [-0.1, -0.05) is 29.3 Å². The van der Waals surface area contributed by atoms with E-state index in [1.54, 1.807) is 25.1 Å². The summed E-state index contributed by atoms with van der Waals surface area (Å²) in [6.07, 6.45) is 3.90. The molecule has 146 valence electrons. The first-order chi connectivity index (χ1) is 12.9. The van der Waals surface area contributed by atoms with Gasteiger partial charge in [0.2, 0.25) is 0 Å². The largest absolute Gasteiger partial charge is 0.376 e. The molecule has 1 aromatic rings. The van der Waals surface area contributed by atoms with Crippen LogP contribution in [0.3, 0.4) is 0 Å². The number of nitrogens with one attached hydrogen (secondary N) is 5. The van der Waals surface area contributed by atoms with Gasteiger partial charge in [0.05, 0.1) is 10.0 Å². The lowest BCUT2D eigenvalue weighted by Gasteiger charge is -2.19. The SMILES string of the molecule is C/C=C(\NCc1ccc(Cl)c(Cl)c1)NC(=O)/C(NC1CCNC1)=C(\C)C=N. The molecule has 0 aliphatic carbocycles. The number of benzene rings is 1. The van der Waals surface area contributed by atoms with Gasteiger partial charge >= 0.3 is 0 Å². The maximum atomic E-state index is 12.7. The predicted octanol–water partition coefficient (Wildman–Crippen LogP) is 2.94. The lowest BCUT2D eigenvalue weighted by Crippen LogP contribution is -2.40. The Labute approximate surface area is 169 Å². The zero-order valence-electron chi connectivity index (χ0n) is 15.5. The Bertz CT molecular complexity index is 754. The molecule has 8 heteroatoms. The van der Waals surface area contributed by atoms with E-state index in [2.05, 4.69) is 21.3 Å². The molecule has 1 amide bonds. The summed E-state index contributed by atoms with van der Waals surface area (Å²) in [5.74, 6) is 0.297. The van der Waals surface area contributed by atoms with Gasteiger partial charge in [-0.05, 0) is 56.2 Å². The van der Waals surface area contributed by atoms with E-state index in [1.165, 1.54) is 6.21 Å². The number of allylic oxidation sites excluding steroid dienone is 2. The van der Waals surface area contributed by atoms with E-state index in [-0.39, 0.29) is 11.9 Å². The fraction of sp³-hybridized carbons (Fsp3) is 0.368. The van der Waals surface area contributed by atoms with E-state index in [0.29, 0.717) is 33.7 Å². The highest BCUT2D eigenvalue weighted by atomic mass is 35.5. The number of amides is 1. The van der Waals surface area contributed by atoms with Crippen LogP contribution in [0.5, 0.6) is 0 Å². The summed E-state index contributed by atoms with van der Waals surface area (Å²) in [5.41, 5.74) is 1.94. The van der Waals surface area contributed by atoms with Crippen LogP contribution in [0.15, 0.2) is 41.4 Å². The van der Waals surface area contributed by atoms with E-state index in [1.807, 2.05) is 13.0 Å². The van der Waals surface area contributed by atoms with E-state index >= 15 is 0 Å². The molecule has 1 aliphatic rings. The van der Waals surface area contributed by atoms with Crippen LogP contribution >= 0.6 is 23.2 Å². The minimum Gasteiger partial charge on any atom is -0.376 e. The molecule has 1 heterocycles. The molecule has 1 fully saturated rings. The normalized spacial score (nSPS) is 17.9. The van der Waals surface area contributed by atoms with Crippen LogP contribution < -0.4 is 21.3 Å². The Kier molecular flexibility index (Phi) is 8.16. The third-order valence-electron chi connectivity index (χ3n) is 4.25. The number of rotatable bonds is 8. The molecule has 27 heavy (non-hydrogen) atoms.